The van der Waals surface area contributed by atoms with Crippen molar-refractivity contribution < 1.29 is 4.74 Å². The van der Waals surface area contributed by atoms with Gasteiger partial charge in [-0.15, -0.1) is 5.10 Å². The molecular weight excluding hydrogens is 430 g/mol. The van der Waals surface area contributed by atoms with Gasteiger partial charge in [0, 0.05) is 43.1 Å². The largest absolute Gasteiger partial charge is 0.382 e. The highest BCUT2D eigenvalue weighted by atomic mass is 16.5. The van der Waals surface area contributed by atoms with Gasteiger partial charge in [0.05, 0.1) is 54.6 Å². The van der Waals surface area contributed by atoms with Gasteiger partial charge in [-0.25, -0.2) is 4.52 Å². The lowest BCUT2D eigenvalue weighted by atomic mass is 10.1. The first-order valence-electron chi connectivity index (χ1n) is 11.5. The Morgan fingerprint density at radius 2 is 1.97 bits per heavy atom. The molecular formula is C24H27N9O. The Hall–Kier alpha value is -3.81. The van der Waals surface area contributed by atoms with Crippen LogP contribution in [-0.4, -0.2) is 73.4 Å². The average molecular weight is 458 g/mol. The molecule has 5 rings (SSSR count). The summed E-state index contributed by atoms with van der Waals surface area (Å²) in [5, 5.41) is 25.8. The summed E-state index contributed by atoms with van der Waals surface area (Å²) in [4.78, 5) is 7.10. The maximum Gasteiger partial charge on any atom is 0.116 e. The summed E-state index contributed by atoms with van der Waals surface area (Å²) in [6.45, 7) is 9.38. The Labute approximate surface area is 197 Å². The second-order valence-corrected chi connectivity index (χ2v) is 8.65. The summed E-state index contributed by atoms with van der Waals surface area (Å²) >= 11 is 0. The molecule has 1 N–H and O–H groups in total. The highest BCUT2D eigenvalue weighted by Crippen LogP contribution is 2.31. The maximum atomic E-state index is 9.14. The first-order valence-corrected chi connectivity index (χ1v) is 11.5. The van der Waals surface area contributed by atoms with E-state index in [1.165, 1.54) is 0 Å². The van der Waals surface area contributed by atoms with Gasteiger partial charge in [0.2, 0.25) is 0 Å². The van der Waals surface area contributed by atoms with Gasteiger partial charge >= 0.3 is 0 Å². The SMILES string of the molecule is CC(C)Nc1cc(-c2ccc3cc(C#N)cnn23)ncc1-c1cn(CCN2CCOCC2)nn1. The van der Waals surface area contributed by atoms with Crippen molar-refractivity contribution in [2.24, 2.45) is 0 Å². The molecule has 0 spiro atoms. The number of nitriles is 1. The number of hydrogen-bond donors (Lipinski definition) is 1. The summed E-state index contributed by atoms with van der Waals surface area (Å²) < 4.78 is 9.10. The molecule has 10 heteroatoms. The number of nitrogens with zero attached hydrogens (tertiary/aromatic N) is 8. The first kappa shape index (κ1) is 22.0. The normalized spacial score (nSPS) is 14.5. The third-order valence-corrected chi connectivity index (χ3v) is 5.80. The zero-order chi connectivity index (χ0) is 23.5. The molecule has 0 unspecified atom stereocenters. The predicted octanol–water partition coefficient (Wildman–Crippen LogP) is 2.68. The van der Waals surface area contributed by atoms with Crippen molar-refractivity contribution in [2.75, 3.05) is 38.2 Å². The molecule has 5 heterocycles. The van der Waals surface area contributed by atoms with Crippen LogP contribution >= 0.6 is 0 Å². The number of fused-ring (bicyclic) bond motifs is 1. The molecule has 1 fully saturated rings. The molecule has 0 radical (unpaired) electrons. The Balaban J connectivity index is 1.42. The molecule has 10 nitrogen and oxygen atoms in total. The molecule has 1 saturated heterocycles. The number of ether oxygens (including phenoxy) is 1. The number of anilines is 1. The topological polar surface area (TPSA) is 109 Å². The van der Waals surface area contributed by atoms with Crippen LogP contribution in [0.3, 0.4) is 0 Å². The molecule has 0 aromatic carbocycles. The molecule has 34 heavy (non-hydrogen) atoms. The van der Waals surface area contributed by atoms with E-state index in [0.29, 0.717) is 5.56 Å². The highest BCUT2D eigenvalue weighted by Gasteiger charge is 2.16. The van der Waals surface area contributed by atoms with Crippen molar-refractivity contribution in [2.45, 2.75) is 26.4 Å². The Kier molecular flexibility index (Phi) is 6.20. The lowest BCUT2D eigenvalue weighted by molar-refractivity contribution is 0.0359. The number of rotatable bonds is 7. The fourth-order valence-corrected chi connectivity index (χ4v) is 4.08. The van der Waals surface area contributed by atoms with Gasteiger partial charge in [-0.05, 0) is 38.1 Å². The van der Waals surface area contributed by atoms with E-state index in [2.05, 4.69) is 45.5 Å². The van der Waals surface area contributed by atoms with Crippen molar-refractivity contribution in [1.82, 2.24) is 34.5 Å². The van der Waals surface area contributed by atoms with E-state index in [1.807, 2.05) is 41.3 Å². The van der Waals surface area contributed by atoms with E-state index in [1.54, 1.807) is 10.7 Å². The molecule has 4 aromatic heterocycles. The third kappa shape index (κ3) is 4.62. The predicted molar refractivity (Wildman–Crippen MR) is 128 cm³/mol. The summed E-state index contributed by atoms with van der Waals surface area (Å²) in [6, 6.07) is 10.1. The Morgan fingerprint density at radius 3 is 2.76 bits per heavy atom. The number of aromatic nitrogens is 6. The minimum absolute atomic E-state index is 0.228. The molecule has 0 atom stereocenters. The van der Waals surface area contributed by atoms with E-state index in [9.17, 15) is 0 Å². The van der Waals surface area contributed by atoms with Crippen molar-refractivity contribution >= 4 is 11.2 Å². The summed E-state index contributed by atoms with van der Waals surface area (Å²) in [7, 11) is 0. The van der Waals surface area contributed by atoms with Gasteiger partial charge in [0.15, 0.2) is 0 Å². The van der Waals surface area contributed by atoms with E-state index in [-0.39, 0.29) is 6.04 Å². The molecule has 0 aliphatic carbocycles. The van der Waals surface area contributed by atoms with Crippen LogP contribution in [0.2, 0.25) is 0 Å². The monoisotopic (exact) mass is 457 g/mol. The van der Waals surface area contributed by atoms with Crippen LogP contribution in [0, 0.1) is 11.3 Å². The molecule has 174 valence electrons. The van der Waals surface area contributed by atoms with E-state index < -0.39 is 0 Å². The fourth-order valence-electron chi connectivity index (χ4n) is 4.08. The molecule has 0 bridgehead atoms. The Morgan fingerprint density at radius 1 is 1.12 bits per heavy atom. The Bertz CT molecular complexity index is 1330. The standard InChI is InChI=1S/C24H27N9O/c1-17(2)28-21-12-22(24-4-3-19-11-18(13-25)14-27-33(19)24)26-15-20(21)23-16-32(30-29-23)6-5-31-7-9-34-10-8-31/h3-4,11-12,14-17H,5-10H2,1-2H3,(H,26,28). The number of pyridine rings is 1. The second-order valence-electron chi connectivity index (χ2n) is 8.65. The number of morpholine rings is 1. The molecule has 1 aliphatic rings. The van der Waals surface area contributed by atoms with Gasteiger partial charge in [0.25, 0.3) is 0 Å². The van der Waals surface area contributed by atoms with Crippen LogP contribution in [0.15, 0.2) is 42.9 Å². The molecule has 4 aromatic rings. The zero-order valence-corrected chi connectivity index (χ0v) is 19.3. The van der Waals surface area contributed by atoms with Gasteiger partial charge < -0.3 is 10.1 Å². The van der Waals surface area contributed by atoms with E-state index >= 15 is 0 Å². The fraction of sp³-hybridized carbons (Fsp3) is 0.375. The highest BCUT2D eigenvalue weighted by molar-refractivity contribution is 5.78. The lowest BCUT2D eigenvalue weighted by Crippen LogP contribution is -2.38. The van der Waals surface area contributed by atoms with Crippen LogP contribution < -0.4 is 5.32 Å². The smallest absolute Gasteiger partial charge is 0.116 e. The lowest BCUT2D eigenvalue weighted by Gasteiger charge is -2.26. The minimum atomic E-state index is 0.228. The van der Waals surface area contributed by atoms with Crippen LogP contribution in [0.5, 0.6) is 0 Å². The minimum Gasteiger partial charge on any atom is -0.382 e. The van der Waals surface area contributed by atoms with Crippen LogP contribution in [0.25, 0.3) is 28.2 Å². The summed E-state index contributed by atoms with van der Waals surface area (Å²) in [5.74, 6) is 0. The van der Waals surface area contributed by atoms with Crippen molar-refractivity contribution in [3.63, 3.8) is 0 Å². The van der Waals surface area contributed by atoms with Crippen molar-refractivity contribution in [3.05, 3.63) is 48.4 Å². The number of nitrogens with one attached hydrogen (secondary N) is 1. The molecule has 0 amide bonds. The van der Waals surface area contributed by atoms with E-state index in [4.69, 9.17) is 15.0 Å². The maximum absolute atomic E-state index is 9.14. The quantitative estimate of drug-likeness (QED) is 0.451. The van der Waals surface area contributed by atoms with E-state index in [0.717, 1.165) is 73.2 Å². The summed E-state index contributed by atoms with van der Waals surface area (Å²) in [5.41, 5.74) is 5.62. The van der Waals surface area contributed by atoms with Crippen molar-refractivity contribution in [1.29, 1.82) is 5.26 Å². The van der Waals surface area contributed by atoms with Gasteiger partial charge in [-0.2, -0.15) is 10.4 Å². The number of hydrogen-bond acceptors (Lipinski definition) is 8. The zero-order valence-electron chi connectivity index (χ0n) is 19.3. The van der Waals surface area contributed by atoms with Crippen LogP contribution in [0.1, 0.15) is 19.4 Å². The second kappa shape index (κ2) is 9.59. The van der Waals surface area contributed by atoms with Crippen molar-refractivity contribution in [3.8, 4) is 28.7 Å². The van der Waals surface area contributed by atoms with Gasteiger partial charge in [-0.3, -0.25) is 14.6 Å². The summed E-state index contributed by atoms with van der Waals surface area (Å²) in [6.07, 6.45) is 5.37. The van der Waals surface area contributed by atoms with Gasteiger partial charge in [0.1, 0.15) is 11.8 Å². The van der Waals surface area contributed by atoms with Crippen LogP contribution in [-0.2, 0) is 11.3 Å². The average Bonchev–Trinajstić information content (AvgIpc) is 3.50. The van der Waals surface area contributed by atoms with Crippen LogP contribution in [0.4, 0.5) is 5.69 Å². The first-order chi connectivity index (χ1) is 16.6. The molecule has 0 saturated carbocycles. The third-order valence-electron chi connectivity index (χ3n) is 5.80. The molecule has 1 aliphatic heterocycles. The van der Waals surface area contributed by atoms with Gasteiger partial charge in [-0.1, -0.05) is 5.21 Å².